The van der Waals surface area contributed by atoms with Crippen LogP contribution < -0.4 is 0 Å². The van der Waals surface area contributed by atoms with Gasteiger partial charge in [0.05, 0.1) is 16.7 Å². The third-order valence-corrected chi connectivity index (χ3v) is 8.93. The molecule has 0 saturated carbocycles. The Bertz CT molecular complexity index is 2570. The number of aromatic nitrogens is 3. The average molecular weight is 586 g/mol. The monoisotopic (exact) mass is 585 g/mol. The first-order valence-corrected chi connectivity index (χ1v) is 15.5. The Kier molecular flexibility index (Phi) is 6.14. The van der Waals surface area contributed by atoms with Crippen molar-refractivity contribution in [2.24, 2.45) is 0 Å². The molecule has 0 radical (unpaired) electrons. The van der Waals surface area contributed by atoms with Crippen LogP contribution >= 0.6 is 0 Å². The largest absolute Gasteiger partial charge is 0.256 e. The SMILES string of the molecule is c1ccc(-c2nc(-c3ccc(-c4ccc(-c5ccc6c(c5)ncc5ccccc56)c5ccccc45)cc3)nc3ccccc23)cc1. The van der Waals surface area contributed by atoms with E-state index in [0.29, 0.717) is 0 Å². The second-order valence-electron chi connectivity index (χ2n) is 11.6. The fourth-order valence-electron chi connectivity index (χ4n) is 6.65. The maximum atomic E-state index is 5.06. The predicted molar refractivity (Wildman–Crippen MR) is 192 cm³/mol. The summed E-state index contributed by atoms with van der Waals surface area (Å²) in [7, 11) is 0. The Morgan fingerprint density at radius 2 is 0.957 bits per heavy atom. The summed E-state index contributed by atoms with van der Waals surface area (Å²) in [5, 5.41) is 7.05. The van der Waals surface area contributed by atoms with E-state index in [1.54, 1.807) is 0 Å². The summed E-state index contributed by atoms with van der Waals surface area (Å²) in [6.45, 7) is 0. The second-order valence-corrected chi connectivity index (χ2v) is 11.6. The summed E-state index contributed by atoms with van der Waals surface area (Å²) in [4.78, 5) is 14.8. The fraction of sp³-hybridized carbons (Fsp3) is 0. The zero-order valence-electron chi connectivity index (χ0n) is 24.9. The van der Waals surface area contributed by atoms with Gasteiger partial charge in [0.2, 0.25) is 0 Å². The molecule has 0 N–H and O–H groups in total. The van der Waals surface area contributed by atoms with Gasteiger partial charge in [0.1, 0.15) is 0 Å². The van der Waals surface area contributed by atoms with Gasteiger partial charge in [0, 0.05) is 33.5 Å². The van der Waals surface area contributed by atoms with Gasteiger partial charge in [-0.3, -0.25) is 4.98 Å². The van der Waals surface area contributed by atoms with Crippen molar-refractivity contribution in [3.8, 4) is 44.9 Å². The Balaban J connectivity index is 1.12. The molecule has 0 unspecified atom stereocenters. The molecule has 0 saturated heterocycles. The van der Waals surface area contributed by atoms with Gasteiger partial charge in [-0.2, -0.15) is 0 Å². The van der Waals surface area contributed by atoms with Gasteiger partial charge in [0.25, 0.3) is 0 Å². The minimum atomic E-state index is 0.724. The molecule has 0 aliphatic rings. The molecule has 3 heteroatoms. The molecule has 0 fully saturated rings. The van der Waals surface area contributed by atoms with Crippen LogP contribution in [0.1, 0.15) is 0 Å². The first-order valence-electron chi connectivity index (χ1n) is 15.5. The van der Waals surface area contributed by atoms with Gasteiger partial charge in [-0.15, -0.1) is 0 Å². The van der Waals surface area contributed by atoms with Crippen LogP contribution in [0.3, 0.4) is 0 Å². The molecule has 0 amide bonds. The van der Waals surface area contributed by atoms with Gasteiger partial charge >= 0.3 is 0 Å². The summed E-state index contributed by atoms with van der Waals surface area (Å²) in [5.74, 6) is 0.724. The van der Waals surface area contributed by atoms with Crippen molar-refractivity contribution in [2.45, 2.75) is 0 Å². The highest BCUT2D eigenvalue weighted by atomic mass is 14.9. The second kappa shape index (κ2) is 10.8. The number of hydrogen-bond acceptors (Lipinski definition) is 3. The minimum absolute atomic E-state index is 0.724. The Morgan fingerprint density at radius 1 is 0.348 bits per heavy atom. The van der Waals surface area contributed by atoms with Gasteiger partial charge < -0.3 is 0 Å². The van der Waals surface area contributed by atoms with E-state index in [-0.39, 0.29) is 0 Å². The minimum Gasteiger partial charge on any atom is -0.256 e. The zero-order chi connectivity index (χ0) is 30.5. The summed E-state index contributed by atoms with van der Waals surface area (Å²) < 4.78 is 0. The van der Waals surface area contributed by atoms with E-state index in [0.717, 1.165) is 55.6 Å². The predicted octanol–water partition coefficient (Wildman–Crippen LogP) is 11.2. The maximum absolute atomic E-state index is 5.06. The van der Waals surface area contributed by atoms with Crippen molar-refractivity contribution in [1.82, 2.24) is 15.0 Å². The Hall–Kier alpha value is -6.19. The molecule has 9 rings (SSSR count). The smallest absolute Gasteiger partial charge is 0.160 e. The topological polar surface area (TPSA) is 38.7 Å². The average Bonchev–Trinajstić information content (AvgIpc) is 3.14. The first-order chi connectivity index (χ1) is 22.8. The molecule has 0 aliphatic heterocycles. The highest BCUT2D eigenvalue weighted by molar-refractivity contribution is 6.09. The molecule has 7 aromatic carbocycles. The molecule has 2 aromatic heterocycles. The number of hydrogen-bond donors (Lipinski definition) is 0. The third-order valence-electron chi connectivity index (χ3n) is 8.93. The van der Waals surface area contributed by atoms with Crippen molar-refractivity contribution in [3.63, 3.8) is 0 Å². The molecule has 0 aliphatic carbocycles. The Morgan fingerprint density at radius 3 is 1.74 bits per heavy atom. The van der Waals surface area contributed by atoms with Gasteiger partial charge in [-0.25, -0.2) is 9.97 Å². The molecular weight excluding hydrogens is 558 g/mol. The number of rotatable bonds is 4. The van der Waals surface area contributed by atoms with E-state index >= 15 is 0 Å². The van der Waals surface area contributed by atoms with Crippen molar-refractivity contribution in [1.29, 1.82) is 0 Å². The lowest BCUT2D eigenvalue weighted by Crippen LogP contribution is -1.95. The van der Waals surface area contributed by atoms with Crippen LogP contribution in [0.25, 0.3) is 88.2 Å². The summed E-state index contributed by atoms with van der Waals surface area (Å²) in [5.41, 5.74) is 9.68. The van der Waals surface area contributed by atoms with E-state index in [2.05, 4.69) is 140 Å². The molecule has 0 bridgehead atoms. The van der Waals surface area contributed by atoms with Crippen LogP contribution in [-0.2, 0) is 0 Å². The number of nitrogens with zero attached hydrogens (tertiary/aromatic N) is 3. The van der Waals surface area contributed by atoms with Crippen molar-refractivity contribution < 1.29 is 0 Å². The van der Waals surface area contributed by atoms with Crippen LogP contribution in [0, 0.1) is 0 Å². The standard InChI is InChI=1S/C43H27N3/c1-2-10-29(11-3-1)42-39-16-8-9-17-40(39)45-43(46-42)30-20-18-28(19-21-30)34-24-25-35(37-15-7-6-14-36(34)37)31-22-23-38-33-13-5-4-12-32(33)27-44-41(38)26-31/h1-27H. The molecule has 0 atom stereocenters. The van der Waals surface area contributed by atoms with Crippen LogP contribution in [0.15, 0.2) is 164 Å². The molecule has 2 heterocycles. The number of pyridine rings is 1. The van der Waals surface area contributed by atoms with Crippen LogP contribution in [0.4, 0.5) is 0 Å². The van der Waals surface area contributed by atoms with Crippen LogP contribution in [0.2, 0.25) is 0 Å². The van der Waals surface area contributed by atoms with Gasteiger partial charge in [-0.05, 0) is 50.5 Å². The molecule has 0 spiro atoms. The van der Waals surface area contributed by atoms with Gasteiger partial charge in [0.15, 0.2) is 5.82 Å². The summed E-state index contributed by atoms with van der Waals surface area (Å²) in [6.07, 6.45) is 1.97. The van der Waals surface area contributed by atoms with Crippen molar-refractivity contribution in [3.05, 3.63) is 164 Å². The summed E-state index contributed by atoms with van der Waals surface area (Å²) >= 11 is 0. The van der Waals surface area contributed by atoms with E-state index in [4.69, 9.17) is 15.0 Å². The molecule has 3 nitrogen and oxygen atoms in total. The first kappa shape index (κ1) is 26.2. The van der Waals surface area contributed by atoms with Crippen molar-refractivity contribution in [2.75, 3.05) is 0 Å². The highest BCUT2D eigenvalue weighted by Gasteiger charge is 2.14. The molecule has 214 valence electrons. The lowest BCUT2D eigenvalue weighted by molar-refractivity contribution is 1.23. The molecule has 9 aromatic rings. The number of fused-ring (bicyclic) bond motifs is 5. The molecule has 46 heavy (non-hydrogen) atoms. The summed E-state index contributed by atoms with van der Waals surface area (Å²) in [6, 6.07) is 55.4. The van der Waals surface area contributed by atoms with Crippen LogP contribution in [-0.4, -0.2) is 15.0 Å². The fourth-order valence-corrected chi connectivity index (χ4v) is 6.65. The van der Waals surface area contributed by atoms with E-state index in [1.165, 1.54) is 32.7 Å². The van der Waals surface area contributed by atoms with Crippen molar-refractivity contribution >= 4 is 43.4 Å². The zero-order valence-corrected chi connectivity index (χ0v) is 24.9. The normalized spacial score (nSPS) is 11.5. The molecular formula is C43H27N3. The lowest BCUT2D eigenvalue weighted by atomic mass is 9.91. The Labute approximate surface area is 266 Å². The van der Waals surface area contributed by atoms with E-state index in [1.807, 2.05) is 24.4 Å². The van der Waals surface area contributed by atoms with E-state index in [9.17, 15) is 0 Å². The lowest BCUT2D eigenvalue weighted by Gasteiger charge is -2.14. The van der Waals surface area contributed by atoms with Gasteiger partial charge in [-0.1, -0.05) is 146 Å². The highest BCUT2D eigenvalue weighted by Crippen LogP contribution is 2.38. The van der Waals surface area contributed by atoms with E-state index < -0.39 is 0 Å². The van der Waals surface area contributed by atoms with Crippen LogP contribution in [0.5, 0.6) is 0 Å². The number of benzene rings is 7. The maximum Gasteiger partial charge on any atom is 0.160 e. The number of para-hydroxylation sites is 1. The third kappa shape index (κ3) is 4.41. The quantitative estimate of drug-likeness (QED) is 0.193.